The largest absolute Gasteiger partial charge is 0.481 e. The minimum absolute atomic E-state index is 0.0348. The lowest BCUT2D eigenvalue weighted by Crippen LogP contribution is -2.31. The van der Waals surface area contributed by atoms with Gasteiger partial charge >= 0.3 is 12.1 Å². The van der Waals surface area contributed by atoms with E-state index in [4.69, 9.17) is 5.11 Å². The minimum atomic E-state index is -4.11. The van der Waals surface area contributed by atoms with Crippen molar-refractivity contribution in [3.63, 3.8) is 0 Å². The fraction of sp³-hybridized carbons (Fsp3) is 0.917. The summed E-state index contributed by atoms with van der Waals surface area (Å²) >= 11 is 0. The Balaban J connectivity index is 2.19. The van der Waals surface area contributed by atoms with Crippen molar-refractivity contribution in [1.29, 1.82) is 0 Å². The molecular formula is C12H20F3NO2. The maximum atomic E-state index is 12.2. The molecule has 1 aliphatic rings. The molecule has 1 aliphatic carbocycles. The van der Waals surface area contributed by atoms with Crippen molar-refractivity contribution >= 4 is 5.97 Å². The van der Waals surface area contributed by atoms with Crippen molar-refractivity contribution < 1.29 is 23.1 Å². The van der Waals surface area contributed by atoms with E-state index in [-0.39, 0.29) is 13.0 Å². The van der Waals surface area contributed by atoms with E-state index in [9.17, 15) is 18.0 Å². The van der Waals surface area contributed by atoms with E-state index >= 15 is 0 Å². The van der Waals surface area contributed by atoms with Gasteiger partial charge in [-0.05, 0) is 38.1 Å². The van der Waals surface area contributed by atoms with Crippen molar-refractivity contribution in [2.75, 3.05) is 19.6 Å². The Morgan fingerprint density at radius 1 is 1.22 bits per heavy atom. The van der Waals surface area contributed by atoms with Crippen molar-refractivity contribution in [3.05, 3.63) is 0 Å². The zero-order valence-corrected chi connectivity index (χ0v) is 10.4. The zero-order chi connectivity index (χ0) is 13.6. The topological polar surface area (TPSA) is 40.5 Å². The summed E-state index contributed by atoms with van der Waals surface area (Å²) in [5, 5.41) is 8.48. The van der Waals surface area contributed by atoms with Gasteiger partial charge in [-0.25, -0.2) is 0 Å². The summed E-state index contributed by atoms with van der Waals surface area (Å²) in [7, 11) is 0. The first-order chi connectivity index (χ1) is 8.37. The second kappa shape index (κ2) is 6.97. The lowest BCUT2D eigenvalue weighted by Gasteiger charge is -2.22. The van der Waals surface area contributed by atoms with Crippen LogP contribution in [0.4, 0.5) is 13.2 Å². The molecule has 6 heteroatoms. The van der Waals surface area contributed by atoms with E-state index in [0.717, 1.165) is 19.4 Å². The van der Waals surface area contributed by atoms with E-state index in [1.54, 1.807) is 0 Å². The normalized spacial score (nSPS) is 16.2. The van der Waals surface area contributed by atoms with Crippen LogP contribution in [0.5, 0.6) is 0 Å². The van der Waals surface area contributed by atoms with Crippen LogP contribution in [0.25, 0.3) is 0 Å². The van der Waals surface area contributed by atoms with Gasteiger partial charge in [-0.15, -0.1) is 0 Å². The molecule has 0 radical (unpaired) electrons. The zero-order valence-electron chi connectivity index (χ0n) is 10.4. The number of carboxylic acids is 1. The lowest BCUT2D eigenvalue weighted by atomic mass is 10.2. The molecule has 0 unspecified atom stereocenters. The van der Waals surface area contributed by atoms with E-state index in [2.05, 4.69) is 0 Å². The molecule has 0 aromatic rings. The molecule has 0 heterocycles. The Morgan fingerprint density at radius 2 is 1.89 bits per heavy atom. The third-order valence-electron chi connectivity index (χ3n) is 3.04. The molecule has 0 aromatic heterocycles. The fourth-order valence-corrected chi connectivity index (χ4v) is 1.86. The second-order valence-electron chi connectivity index (χ2n) is 4.96. The Labute approximate surface area is 105 Å². The molecule has 1 N–H and O–H groups in total. The summed E-state index contributed by atoms with van der Waals surface area (Å²) in [6, 6.07) is 0. The number of hydrogen-bond donors (Lipinski definition) is 1. The van der Waals surface area contributed by atoms with E-state index in [0.29, 0.717) is 25.3 Å². The molecule has 1 saturated carbocycles. The first-order valence-electron chi connectivity index (χ1n) is 6.38. The summed E-state index contributed by atoms with van der Waals surface area (Å²) in [6.07, 6.45) is -1.40. The Bertz CT molecular complexity index is 265. The van der Waals surface area contributed by atoms with Crippen molar-refractivity contribution in [2.24, 2.45) is 5.92 Å². The Kier molecular flexibility index (Phi) is 5.91. The number of rotatable bonds is 9. The summed E-state index contributed by atoms with van der Waals surface area (Å²) in [5.41, 5.74) is 0. The maximum absolute atomic E-state index is 12.2. The molecule has 0 atom stereocenters. The van der Waals surface area contributed by atoms with Crippen LogP contribution in [0.15, 0.2) is 0 Å². The molecular weight excluding hydrogens is 247 g/mol. The van der Waals surface area contributed by atoms with E-state index in [1.165, 1.54) is 0 Å². The molecule has 0 spiro atoms. The van der Waals surface area contributed by atoms with Gasteiger partial charge in [0.15, 0.2) is 0 Å². The monoisotopic (exact) mass is 267 g/mol. The van der Waals surface area contributed by atoms with Crippen LogP contribution in [0.1, 0.15) is 38.5 Å². The molecule has 0 aliphatic heterocycles. The quantitative estimate of drug-likeness (QED) is 0.653. The molecule has 106 valence electrons. The highest BCUT2D eigenvalue weighted by Crippen LogP contribution is 2.30. The van der Waals surface area contributed by atoms with Crippen LogP contribution in [0.2, 0.25) is 0 Å². The molecule has 0 aromatic carbocycles. The SMILES string of the molecule is O=C(O)CCCCN(CCC(F)(F)F)CC1CC1. The van der Waals surface area contributed by atoms with Crippen LogP contribution < -0.4 is 0 Å². The number of carbonyl (C=O) groups is 1. The van der Waals surface area contributed by atoms with Gasteiger partial charge in [-0.3, -0.25) is 4.79 Å². The summed E-state index contributed by atoms with van der Waals surface area (Å²) in [4.78, 5) is 12.2. The number of carboxylic acid groups (broad SMARTS) is 1. The average Bonchev–Trinajstić information content (AvgIpc) is 3.02. The second-order valence-corrected chi connectivity index (χ2v) is 4.96. The van der Waals surface area contributed by atoms with Gasteiger partial charge in [0, 0.05) is 19.5 Å². The van der Waals surface area contributed by atoms with E-state index < -0.39 is 18.6 Å². The van der Waals surface area contributed by atoms with Crippen molar-refractivity contribution in [3.8, 4) is 0 Å². The molecule has 0 amide bonds. The van der Waals surface area contributed by atoms with Gasteiger partial charge in [0.05, 0.1) is 6.42 Å². The molecule has 0 saturated heterocycles. The molecule has 18 heavy (non-hydrogen) atoms. The third kappa shape index (κ3) is 8.33. The minimum Gasteiger partial charge on any atom is -0.481 e. The van der Waals surface area contributed by atoms with Gasteiger partial charge in [-0.2, -0.15) is 13.2 Å². The van der Waals surface area contributed by atoms with Gasteiger partial charge in [0.25, 0.3) is 0 Å². The van der Waals surface area contributed by atoms with Crippen LogP contribution in [-0.2, 0) is 4.79 Å². The standard InChI is InChI=1S/C12H20F3NO2/c13-12(14,15)6-8-16(9-10-4-5-10)7-2-1-3-11(17)18/h10H,1-9H2,(H,17,18). The highest BCUT2D eigenvalue weighted by atomic mass is 19.4. The molecule has 0 bridgehead atoms. The highest BCUT2D eigenvalue weighted by molar-refractivity contribution is 5.66. The first-order valence-corrected chi connectivity index (χ1v) is 6.38. The Morgan fingerprint density at radius 3 is 2.39 bits per heavy atom. The van der Waals surface area contributed by atoms with Crippen molar-refractivity contribution in [1.82, 2.24) is 4.90 Å². The molecule has 1 fully saturated rings. The average molecular weight is 267 g/mol. The van der Waals surface area contributed by atoms with Crippen LogP contribution >= 0.6 is 0 Å². The van der Waals surface area contributed by atoms with Gasteiger partial charge in [0.2, 0.25) is 0 Å². The Hall–Kier alpha value is -0.780. The summed E-state index contributed by atoms with van der Waals surface area (Å²) in [6.45, 7) is 1.33. The van der Waals surface area contributed by atoms with E-state index in [1.807, 2.05) is 4.90 Å². The number of hydrogen-bond acceptors (Lipinski definition) is 2. The number of unbranched alkanes of at least 4 members (excludes halogenated alkanes) is 1. The molecule has 3 nitrogen and oxygen atoms in total. The number of halogens is 3. The highest BCUT2D eigenvalue weighted by Gasteiger charge is 2.29. The smallest absolute Gasteiger partial charge is 0.390 e. The van der Waals surface area contributed by atoms with Crippen LogP contribution in [0.3, 0.4) is 0 Å². The predicted octanol–water partition coefficient (Wildman–Crippen LogP) is 2.91. The third-order valence-corrected chi connectivity index (χ3v) is 3.04. The van der Waals surface area contributed by atoms with Crippen LogP contribution in [0, 0.1) is 5.92 Å². The van der Waals surface area contributed by atoms with Gasteiger partial charge in [0.1, 0.15) is 0 Å². The van der Waals surface area contributed by atoms with Gasteiger partial charge in [-0.1, -0.05) is 0 Å². The number of alkyl halides is 3. The van der Waals surface area contributed by atoms with Gasteiger partial charge < -0.3 is 10.0 Å². The lowest BCUT2D eigenvalue weighted by molar-refractivity contribution is -0.138. The summed E-state index contributed by atoms with van der Waals surface area (Å²) < 4.78 is 36.5. The molecule has 1 rings (SSSR count). The fourth-order valence-electron chi connectivity index (χ4n) is 1.86. The van der Waals surface area contributed by atoms with Crippen molar-refractivity contribution in [2.45, 2.75) is 44.7 Å². The van der Waals surface area contributed by atoms with Crippen LogP contribution in [-0.4, -0.2) is 41.8 Å². The predicted molar refractivity (Wildman–Crippen MR) is 61.3 cm³/mol. The maximum Gasteiger partial charge on any atom is 0.390 e. The first kappa shape index (κ1) is 15.3. The number of nitrogens with zero attached hydrogens (tertiary/aromatic N) is 1. The number of aliphatic carboxylic acids is 1. The summed E-state index contributed by atoms with van der Waals surface area (Å²) in [5.74, 6) is -0.295.